The van der Waals surface area contributed by atoms with Crippen molar-refractivity contribution in [2.45, 2.75) is 78.9 Å². The molecule has 8 heteroatoms. The Kier molecular flexibility index (Phi) is 7.57. The molecular weight excluding hydrogens is 476 g/mol. The number of benzene rings is 1. The summed E-state index contributed by atoms with van der Waals surface area (Å²) in [6.45, 7) is 16.3. The average molecular weight is 523 g/mol. The molecule has 0 amide bonds. The normalized spacial score (nSPS) is 29.8. The lowest BCUT2D eigenvalue weighted by molar-refractivity contribution is -0.108. The van der Waals surface area contributed by atoms with Crippen molar-refractivity contribution in [3.8, 4) is 0 Å². The van der Waals surface area contributed by atoms with Crippen LogP contribution in [0.2, 0.25) is 0 Å². The van der Waals surface area contributed by atoms with E-state index in [4.69, 9.17) is 4.99 Å². The molecule has 1 aromatic heterocycles. The molecule has 2 bridgehead atoms. The fourth-order valence-corrected chi connectivity index (χ4v) is 7.19. The Bertz CT molecular complexity index is 1240. The van der Waals surface area contributed by atoms with E-state index in [1.54, 1.807) is 10.9 Å². The van der Waals surface area contributed by atoms with Gasteiger partial charge in [0.1, 0.15) is 0 Å². The van der Waals surface area contributed by atoms with Crippen molar-refractivity contribution in [1.82, 2.24) is 19.8 Å². The summed E-state index contributed by atoms with van der Waals surface area (Å²) in [6, 6.07) is 6.21. The van der Waals surface area contributed by atoms with Crippen molar-refractivity contribution < 1.29 is 5.11 Å². The minimum atomic E-state index is -0.265. The summed E-state index contributed by atoms with van der Waals surface area (Å²) >= 11 is 0. The van der Waals surface area contributed by atoms with Gasteiger partial charge in [0.25, 0.3) is 5.56 Å². The molecule has 2 heterocycles. The monoisotopic (exact) mass is 522 g/mol. The van der Waals surface area contributed by atoms with E-state index in [-0.39, 0.29) is 18.2 Å². The minimum absolute atomic E-state index is 0.0770. The molecule has 3 N–H and O–H groups in total. The zero-order chi connectivity index (χ0) is 27.2. The first kappa shape index (κ1) is 27.1. The number of aliphatic imine (C=N–C) groups is 1. The third kappa shape index (κ3) is 5.09. The van der Waals surface area contributed by atoms with Crippen LogP contribution in [0.4, 0.5) is 5.69 Å². The van der Waals surface area contributed by atoms with Gasteiger partial charge in [-0.15, -0.1) is 0 Å². The highest BCUT2D eigenvalue weighted by Crippen LogP contribution is 2.61. The van der Waals surface area contributed by atoms with Crippen molar-refractivity contribution in [3.05, 3.63) is 34.9 Å². The third-order valence-electron chi connectivity index (χ3n) is 9.66. The highest BCUT2D eigenvalue weighted by molar-refractivity contribution is 5.96. The van der Waals surface area contributed by atoms with Crippen LogP contribution in [0.5, 0.6) is 0 Å². The van der Waals surface area contributed by atoms with Crippen molar-refractivity contribution in [2.75, 3.05) is 31.6 Å². The topological polar surface area (TPSA) is 94.8 Å². The predicted octanol–water partition coefficient (Wildman–Crippen LogP) is 4.11. The number of rotatable bonds is 6. The van der Waals surface area contributed by atoms with Crippen molar-refractivity contribution in [1.29, 1.82) is 0 Å². The summed E-state index contributed by atoms with van der Waals surface area (Å²) in [6.07, 6.45) is 4.81. The van der Waals surface area contributed by atoms with Gasteiger partial charge in [0, 0.05) is 31.4 Å². The molecule has 3 aliphatic carbocycles. The number of hydrogen-bond acceptors (Lipinski definition) is 5. The molecular formula is C30H46N6O2. The van der Waals surface area contributed by atoms with Gasteiger partial charge in [0.2, 0.25) is 0 Å². The van der Waals surface area contributed by atoms with Crippen molar-refractivity contribution >= 4 is 22.5 Å². The predicted molar refractivity (Wildman–Crippen MR) is 155 cm³/mol. The van der Waals surface area contributed by atoms with E-state index in [0.717, 1.165) is 56.0 Å². The van der Waals surface area contributed by atoms with Gasteiger partial charge < -0.3 is 20.6 Å². The summed E-state index contributed by atoms with van der Waals surface area (Å²) in [4.78, 5) is 25.6. The first-order valence-corrected chi connectivity index (χ1v) is 14.5. The van der Waals surface area contributed by atoms with Crippen molar-refractivity contribution in [2.24, 2.45) is 34.1 Å². The van der Waals surface area contributed by atoms with Crippen LogP contribution >= 0.6 is 0 Å². The second kappa shape index (κ2) is 10.6. The Morgan fingerprint density at radius 2 is 2.08 bits per heavy atom. The molecule has 1 aromatic carbocycles. The summed E-state index contributed by atoms with van der Waals surface area (Å²) < 4.78 is 1.59. The molecule has 38 heavy (non-hydrogen) atoms. The number of aliphatic hydroxyl groups excluding tert-OH is 1. The smallest absolute Gasteiger partial charge is 0.261 e. The lowest BCUT2D eigenvalue weighted by Crippen LogP contribution is -2.57. The third-order valence-corrected chi connectivity index (χ3v) is 9.66. The molecule has 208 valence electrons. The molecule has 1 saturated heterocycles. The standard InChI is InChI=1S/C30H46N6O2/c1-18(2)11-23(16-37)36-17-32-27-14-22(7-8-24(27)28(36)38)33-29(35-10-9-31-19(3)15-35)34-26-13-21-12-25(20(26)4)30(21,5)6/h7-8,14,17-21,23,25-26,31,37H,9-13,15-16H2,1-6H3,(H,33,34)/t19-,20-,21-,23-,25+,26-/m0/s1. The van der Waals surface area contributed by atoms with E-state index in [1.165, 1.54) is 6.42 Å². The van der Waals surface area contributed by atoms with Crippen LogP contribution in [0, 0.1) is 29.1 Å². The van der Waals surface area contributed by atoms with Gasteiger partial charge in [-0.2, -0.15) is 0 Å². The summed E-state index contributed by atoms with van der Waals surface area (Å²) in [5.74, 6) is 3.36. The minimum Gasteiger partial charge on any atom is -0.394 e. The number of nitrogens with one attached hydrogen (secondary N) is 2. The SMILES string of the molecule is CC(C)C[C@@H](CO)n1cnc2cc(NC(=N[C@H]3C[C@@H]4C[C@H]([C@@H]3C)C4(C)C)N3CCN[C@@H](C)C3)ccc2c1=O. The number of aliphatic hydroxyl groups is 1. The molecule has 6 atom stereocenters. The molecule has 3 saturated carbocycles. The lowest BCUT2D eigenvalue weighted by atomic mass is 9.45. The second-order valence-corrected chi connectivity index (χ2v) is 13.1. The molecule has 0 unspecified atom stereocenters. The van der Waals surface area contributed by atoms with Gasteiger partial charge in [-0.3, -0.25) is 9.36 Å². The molecule has 6 rings (SSSR count). The maximum Gasteiger partial charge on any atom is 0.261 e. The number of nitrogens with zero attached hydrogens (tertiary/aromatic N) is 4. The van der Waals surface area contributed by atoms with Gasteiger partial charge in [0.05, 0.1) is 35.9 Å². The summed E-state index contributed by atoms with van der Waals surface area (Å²) in [5, 5.41) is 17.6. The van der Waals surface area contributed by atoms with Crippen LogP contribution in [0.1, 0.15) is 66.8 Å². The van der Waals surface area contributed by atoms with Gasteiger partial charge in [0.15, 0.2) is 5.96 Å². The number of fused-ring (bicyclic) bond motifs is 3. The largest absolute Gasteiger partial charge is 0.394 e. The van der Waals surface area contributed by atoms with Gasteiger partial charge in [-0.05, 0) is 73.5 Å². The number of anilines is 1. The number of piperazine rings is 1. The van der Waals surface area contributed by atoms with Crippen LogP contribution < -0.4 is 16.2 Å². The fraction of sp³-hybridized carbons (Fsp3) is 0.700. The number of guanidine groups is 1. The van der Waals surface area contributed by atoms with Gasteiger partial charge >= 0.3 is 0 Å². The Balaban J connectivity index is 1.43. The van der Waals surface area contributed by atoms with E-state index in [9.17, 15) is 9.90 Å². The molecule has 8 nitrogen and oxygen atoms in total. The van der Waals surface area contributed by atoms with Gasteiger partial charge in [-0.25, -0.2) is 9.98 Å². The maximum absolute atomic E-state index is 13.3. The molecule has 0 spiro atoms. The van der Waals surface area contributed by atoms with Crippen LogP contribution in [0.25, 0.3) is 10.9 Å². The molecule has 0 radical (unpaired) electrons. The van der Waals surface area contributed by atoms with Crippen LogP contribution in [0.3, 0.4) is 0 Å². The summed E-state index contributed by atoms with van der Waals surface area (Å²) in [7, 11) is 0. The first-order chi connectivity index (χ1) is 18.1. The highest BCUT2D eigenvalue weighted by atomic mass is 16.3. The molecule has 2 aromatic rings. The molecule has 1 aliphatic heterocycles. The quantitative estimate of drug-likeness (QED) is 0.391. The maximum atomic E-state index is 13.3. The number of aromatic nitrogens is 2. The average Bonchev–Trinajstić information content (AvgIpc) is 2.88. The Morgan fingerprint density at radius 3 is 2.74 bits per heavy atom. The Labute approximate surface area is 226 Å². The second-order valence-electron chi connectivity index (χ2n) is 13.1. The zero-order valence-electron chi connectivity index (χ0n) is 23.9. The van der Waals surface area contributed by atoms with E-state index in [2.05, 4.69) is 62.1 Å². The van der Waals surface area contributed by atoms with E-state index in [1.807, 2.05) is 18.2 Å². The Morgan fingerprint density at radius 1 is 1.29 bits per heavy atom. The van der Waals surface area contributed by atoms with Crippen LogP contribution in [0.15, 0.2) is 34.3 Å². The highest BCUT2D eigenvalue weighted by Gasteiger charge is 2.56. The van der Waals surface area contributed by atoms with Gasteiger partial charge in [-0.1, -0.05) is 34.6 Å². The number of hydrogen-bond donors (Lipinski definition) is 3. The van der Waals surface area contributed by atoms with Crippen molar-refractivity contribution in [3.63, 3.8) is 0 Å². The lowest BCUT2D eigenvalue weighted by Gasteiger charge is -2.61. The first-order valence-electron chi connectivity index (χ1n) is 14.5. The zero-order valence-corrected chi connectivity index (χ0v) is 23.9. The fourth-order valence-electron chi connectivity index (χ4n) is 7.19. The van der Waals surface area contributed by atoms with Crippen LogP contribution in [-0.4, -0.2) is 63.8 Å². The molecule has 4 fully saturated rings. The van der Waals surface area contributed by atoms with E-state index >= 15 is 0 Å². The summed E-state index contributed by atoms with van der Waals surface area (Å²) in [5.41, 5.74) is 1.87. The van der Waals surface area contributed by atoms with Crippen LogP contribution in [-0.2, 0) is 0 Å². The Hall–Kier alpha value is -2.45. The van der Waals surface area contributed by atoms with E-state index in [0.29, 0.717) is 40.2 Å². The van der Waals surface area contributed by atoms with E-state index < -0.39 is 0 Å². The molecule has 4 aliphatic rings.